The van der Waals surface area contributed by atoms with Gasteiger partial charge in [-0.1, -0.05) is 17.7 Å². The topological polar surface area (TPSA) is 104 Å². The summed E-state index contributed by atoms with van der Waals surface area (Å²) in [6, 6.07) is 4.17. The number of hydrogen-bond donors (Lipinski definition) is 3. The molecule has 3 rings (SSSR count). The number of aromatic nitrogens is 2. The number of hydrogen-bond acceptors (Lipinski definition) is 4. The summed E-state index contributed by atoms with van der Waals surface area (Å²) in [5.41, 5.74) is 7.29. The highest BCUT2D eigenvalue weighted by Crippen LogP contribution is 2.30. The zero-order valence-electron chi connectivity index (χ0n) is 16.4. The maximum Gasteiger partial charge on any atom is 0.303 e. The van der Waals surface area contributed by atoms with Crippen molar-refractivity contribution in [2.24, 2.45) is 0 Å². The number of halogens is 1. The predicted molar refractivity (Wildman–Crippen MR) is 108 cm³/mol. The van der Waals surface area contributed by atoms with Gasteiger partial charge in [-0.2, -0.15) is 5.10 Å². The van der Waals surface area contributed by atoms with E-state index in [0.717, 1.165) is 42.3 Å². The number of nitrogens with zero attached hydrogens (tertiary/aromatic N) is 2. The largest absolute Gasteiger partial charge is 0.481 e. The molecule has 3 N–H and O–H groups in total. The van der Waals surface area contributed by atoms with Crippen molar-refractivity contribution in [2.75, 3.05) is 13.1 Å². The number of benzene rings is 1. The molecule has 0 atom stereocenters. The van der Waals surface area contributed by atoms with Crippen molar-refractivity contribution in [1.82, 2.24) is 15.1 Å². The van der Waals surface area contributed by atoms with Gasteiger partial charge in [0.2, 0.25) is 0 Å². The van der Waals surface area contributed by atoms with E-state index in [4.69, 9.17) is 26.9 Å². The van der Waals surface area contributed by atoms with E-state index in [1.165, 1.54) is 22.4 Å². The second-order valence-electron chi connectivity index (χ2n) is 6.78. The molecule has 0 saturated heterocycles. The van der Waals surface area contributed by atoms with Crippen molar-refractivity contribution in [3.05, 3.63) is 45.2 Å². The van der Waals surface area contributed by atoms with E-state index in [-0.39, 0.29) is 12.8 Å². The Bertz CT molecular complexity index is 863. The first-order valence-electron chi connectivity index (χ1n) is 9.20. The van der Waals surface area contributed by atoms with Gasteiger partial charge in [0.15, 0.2) is 0 Å². The van der Waals surface area contributed by atoms with Gasteiger partial charge < -0.3 is 15.5 Å². The van der Waals surface area contributed by atoms with E-state index < -0.39 is 11.9 Å². The second-order valence-corrected chi connectivity index (χ2v) is 7.19. The molecule has 0 bridgehead atoms. The normalized spacial score (nSPS) is 13.1. The third kappa shape index (κ3) is 5.33. The smallest absolute Gasteiger partial charge is 0.303 e. The molecular weight excluding hydrogens is 382 g/mol. The highest BCUT2D eigenvalue weighted by atomic mass is 35.5. The molecule has 28 heavy (non-hydrogen) atoms. The Morgan fingerprint density at radius 3 is 2.25 bits per heavy atom. The zero-order chi connectivity index (χ0) is 20.8. The van der Waals surface area contributed by atoms with Gasteiger partial charge >= 0.3 is 11.9 Å². The first-order valence-corrected chi connectivity index (χ1v) is 9.58. The van der Waals surface area contributed by atoms with E-state index in [1.54, 1.807) is 0 Å². The van der Waals surface area contributed by atoms with E-state index >= 15 is 0 Å². The average Bonchev–Trinajstić information content (AvgIpc) is 2.83. The highest BCUT2D eigenvalue weighted by molar-refractivity contribution is 6.32. The van der Waals surface area contributed by atoms with Crippen LogP contribution in [0.2, 0.25) is 5.02 Å². The molecule has 0 saturated carbocycles. The van der Waals surface area contributed by atoms with Crippen LogP contribution in [0, 0.1) is 20.8 Å². The van der Waals surface area contributed by atoms with Gasteiger partial charge in [0.25, 0.3) is 0 Å². The van der Waals surface area contributed by atoms with Crippen LogP contribution < -0.4 is 5.32 Å². The summed E-state index contributed by atoms with van der Waals surface area (Å²) in [6.45, 7) is 8.31. The lowest BCUT2D eigenvalue weighted by Gasteiger charge is -2.15. The number of aliphatic carboxylic acids is 2. The van der Waals surface area contributed by atoms with Crippen LogP contribution in [0.5, 0.6) is 0 Å². The first kappa shape index (κ1) is 21.9. The van der Waals surface area contributed by atoms with Crippen molar-refractivity contribution in [3.63, 3.8) is 0 Å². The van der Waals surface area contributed by atoms with Gasteiger partial charge in [-0.3, -0.25) is 9.59 Å². The minimum Gasteiger partial charge on any atom is -0.481 e. The summed E-state index contributed by atoms with van der Waals surface area (Å²) in [4.78, 5) is 19.3. The molecule has 0 unspecified atom stereocenters. The number of rotatable bonds is 4. The van der Waals surface area contributed by atoms with Gasteiger partial charge in [0.05, 0.1) is 29.2 Å². The molecule has 8 heteroatoms. The third-order valence-electron chi connectivity index (χ3n) is 4.87. The molecule has 0 aliphatic carbocycles. The maximum atomic E-state index is 9.64. The summed E-state index contributed by atoms with van der Waals surface area (Å²) in [7, 11) is 0. The van der Waals surface area contributed by atoms with E-state index in [9.17, 15) is 9.59 Å². The van der Waals surface area contributed by atoms with Crippen molar-refractivity contribution in [3.8, 4) is 5.69 Å². The Balaban J connectivity index is 0.000000300. The fraction of sp³-hybridized carbons (Fsp3) is 0.450. The maximum absolute atomic E-state index is 9.64. The van der Waals surface area contributed by atoms with Crippen LogP contribution in [-0.4, -0.2) is 45.0 Å². The molecule has 1 aromatic heterocycles. The van der Waals surface area contributed by atoms with Gasteiger partial charge in [-0.15, -0.1) is 0 Å². The fourth-order valence-corrected chi connectivity index (χ4v) is 3.36. The lowest BCUT2D eigenvalue weighted by atomic mass is 10.0. The second kappa shape index (κ2) is 9.71. The van der Waals surface area contributed by atoms with Crippen LogP contribution in [0.3, 0.4) is 0 Å². The SMILES string of the molecule is Cc1nn(-c2c(Cl)ccc3c2CCNCC3)c(C)c1C.O=C(O)CCC(=O)O. The minimum atomic E-state index is -1.08. The molecule has 0 fully saturated rings. The lowest BCUT2D eigenvalue weighted by molar-refractivity contribution is -0.143. The Morgan fingerprint density at radius 1 is 1.11 bits per heavy atom. The summed E-state index contributed by atoms with van der Waals surface area (Å²) < 4.78 is 2.02. The van der Waals surface area contributed by atoms with Crippen LogP contribution in [0.15, 0.2) is 12.1 Å². The molecule has 7 nitrogen and oxygen atoms in total. The summed E-state index contributed by atoms with van der Waals surface area (Å²) in [5.74, 6) is -2.15. The number of carboxylic acids is 2. The lowest BCUT2D eigenvalue weighted by Crippen LogP contribution is -2.16. The zero-order valence-corrected chi connectivity index (χ0v) is 17.1. The predicted octanol–water partition coefficient (Wildman–Crippen LogP) is 3.07. The number of aryl methyl sites for hydroxylation is 1. The molecule has 2 heterocycles. The van der Waals surface area contributed by atoms with E-state index in [1.807, 2.05) is 10.7 Å². The molecule has 1 aromatic carbocycles. The van der Waals surface area contributed by atoms with Gasteiger partial charge in [0, 0.05) is 5.69 Å². The van der Waals surface area contributed by atoms with E-state index in [2.05, 4.69) is 32.2 Å². The molecule has 0 spiro atoms. The molecule has 0 radical (unpaired) electrons. The number of nitrogens with one attached hydrogen (secondary N) is 1. The molecule has 152 valence electrons. The molecule has 1 aliphatic heterocycles. The Morgan fingerprint density at radius 2 is 1.71 bits per heavy atom. The Labute approximate surface area is 169 Å². The standard InChI is InChI=1S/C16H20ClN3.C4H6O4/c1-10-11(2)19-20(12(10)3)16-14-7-9-18-8-6-13(14)4-5-15(16)17;5-3(6)1-2-4(7)8/h4-5,18H,6-9H2,1-3H3;1-2H2,(H,5,6)(H,7,8). The summed E-state index contributed by atoms with van der Waals surface area (Å²) >= 11 is 6.50. The van der Waals surface area contributed by atoms with Crippen molar-refractivity contribution in [2.45, 2.75) is 46.5 Å². The van der Waals surface area contributed by atoms with Gasteiger partial charge in [-0.05, 0) is 69.5 Å². The Kier molecular flexibility index (Phi) is 7.60. The average molecular weight is 408 g/mol. The Hall–Kier alpha value is -2.38. The first-order chi connectivity index (χ1) is 13.2. The van der Waals surface area contributed by atoms with Crippen molar-refractivity contribution < 1.29 is 19.8 Å². The minimum absolute atomic E-state index is 0.296. The van der Waals surface area contributed by atoms with Crippen LogP contribution in [-0.2, 0) is 22.4 Å². The van der Waals surface area contributed by atoms with Gasteiger partial charge in [-0.25, -0.2) is 4.68 Å². The monoisotopic (exact) mass is 407 g/mol. The summed E-state index contributed by atoms with van der Waals surface area (Å²) in [5, 5.41) is 24.7. The van der Waals surface area contributed by atoms with Crippen LogP contribution in [0.1, 0.15) is 40.9 Å². The third-order valence-corrected chi connectivity index (χ3v) is 5.18. The quantitative estimate of drug-likeness (QED) is 0.719. The fourth-order valence-electron chi connectivity index (χ4n) is 3.11. The molecule has 1 aliphatic rings. The summed E-state index contributed by atoms with van der Waals surface area (Å²) in [6.07, 6.45) is 1.46. The van der Waals surface area contributed by atoms with Crippen molar-refractivity contribution in [1.29, 1.82) is 0 Å². The van der Waals surface area contributed by atoms with Crippen molar-refractivity contribution >= 4 is 23.5 Å². The number of carbonyl (C=O) groups is 2. The molecule has 0 amide bonds. The number of carboxylic acid groups (broad SMARTS) is 2. The van der Waals surface area contributed by atoms with Crippen LogP contribution in [0.25, 0.3) is 5.69 Å². The number of fused-ring (bicyclic) bond motifs is 1. The van der Waals surface area contributed by atoms with Gasteiger partial charge in [0.1, 0.15) is 0 Å². The molecular formula is C20H26ClN3O4. The van der Waals surface area contributed by atoms with Crippen LogP contribution >= 0.6 is 11.6 Å². The van der Waals surface area contributed by atoms with E-state index in [0.29, 0.717) is 0 Å². The highest BCUT2D eigenvalue weighted by Gasteiger charge is 2.19. The van der Waals surface area contributed by atoms with Crippen LogP contribution in [0.4, 0.5) is 0 Å². The molecule has 2 aromatic rings.